The first-order valence-corrected chi connectivity index (χ1v) is 8.14. The second-order valence-electron chi connectivity index (χ2n) is 6.18. The maximum Gasteiger partial charge on any atom is 0.324 e. The van der Waals surface area contributed by atoms with Crippen LogP contribution in [-0.4, -0.2) is 18.3 Å². The summed E-state index contributed by atoms with van der Waals surface area (Å²) in [7, 11) is 0. The van der Waals surface area contributed by atoms with Crippen molar-refractivity contribution in [3.63, 3.8) is 0 Å². The van der Waals surface area contributed by atoms with Gasteiger partial charge in [-0.15, -0.1) is 0 Å². The predicted octanol–water partition coefficient (Wildman–Crippen LogP) is 3.46. The van der Waals surface area contributed by atoms with Crippen molar-refractivity contribution in [1.82, 2.24) is 5.32 Å². The van der Waals surface area contributed by atoms with Crippen molar-refractivity contribution in [3.05, 3.63) is 65.7 Å². The van der Waals surface area contributed by atoms with E-state index in [2.05, 4.69) is 11.4 Å². The molecule has 4 nitrogen and oxygen atoms in total. The Morgan fingerprint density at radius 2 is 1.83 bits per heavy atom. The average molecular weight is 308 g/mol. The molecule has 0 aromatic heterocycles. The highest BCUT2D eigenvalue weighted by atomic mass is 16.5. The minimum absolute atomic E-state index is 0.0458. The summed E-state index contributed by atoms with van der Waals surface area (Å²) in [5, 5.41) is 3.07. The molecule has 0 spiro atoms. The van der Waals surface area contributed by atoms with E-state index in [-0.39, 0.29) is 12.3 Å². The number of carbonyl (C=O) groups excluding carboxylic acids is 1. The smallest absolute Gasteiger partial charge is 0.324 e. The monoisotopic (exact) mass is 308 g/mol. The van der Waals surface area contributed by atoms with Gasteiger partial charge in [0.05, 0.1) is 12.3 Å². The average Bonchev–Trinajstić information content (AvgIpc) is 3.31. The number of rotatable bonds is 4. The van der Waals surface area contributed by atoms with Crippen molar-refractivity contribution in [2.45, 2.75) is 38.1 Å². The van der Waals surface area contributed by atoms with Crippen molar-refractivity contribution in [2.75, 3.05) is 4.90 Å². The van der Waals surface area contributed by atoms with Crippen LogP contribution in [-0.2, 0) is 17.8 Å². The van der Waals surface area contributed by atoms with Crippen LogP contribution in [0.5, 0.6) is 0 Å². The molecule has 1 fully saturated rings. The van der Waals surface area contributed by atoms with E-state index in [1.54, 1.807) is 4.90 Å². The second kappa shape index (κ2) is 6.05. The largest absolute Gasteiger partial charge is 0.353 e. The van der Waals surface area contributed by atoms with Crippen LogP contribution in [0.15, 0.2) is 54.6 Å². The molecule has 0 saturated heterocycles. The molecule has 2 amide bonds. The van der Waals surface area contributed by atoms with Gasteiger partial charge < -0.3 is 10.1 Å². The van der Waals surface area contributed by atoms with Gasteiger partial charge in [-0.3, -0.25) is 4.90 Å². The third-order valence-corrected chi connectivity index (χ3v) is 4.34. The molecular weight excluding hydrogens is 288 g/mol. The Kier molecular flexibility index (Phi) is 3.75. The highest BCUT2D eigenvalue weighted by Crippen LogP contribution is 2.33. The molecule has 1 saturated carbocycles. The number of anilines is 1. The highest BCUT2D eigenvalue weighted by molar-refractivity contribution is 5.95. The van der Waals surface area contributed by atoms with Gasteiger partial charge in [0.25, 0.3) is 0 Å². The number of urea groups is 1. The van der Waals surface area contributed by atoms with Crippen molar-refractivity contribution in [3.8, 4) is 0 Å². The predicted molar refractivity (Wildman–Crippen MR) is 89.2 cm³/mol. The summed E-state index contributed by atoms with van der Waals surface area (Å²) < 4.78 is 6.07. The van der Waals surface area contributed by atoms with Crippen LogP contribution in [0.25, 0.3) is 0 Å². The lowest BCUT2D eigenvalue weighted by molar-refractivity contribution is 0.0485. The van der Waals surface area contributed by atoms with Gasteiger partial charge in [0, 0.05) is 12.5 Å². The minimum atomic E-state index is -0.244. The van der Waals surface area contributed by atoms with E-state index in [4.69, 9.17) is 4.74 Å². The van der Waals surface area contributed by atoms with Gasteiger partial charge in [-0.1, -0.05) is 48.5 Å². The van der Waals surface area contributed by atoms with Crippen molar-refractivity contribution in [1.29, 1.82) is 0 Å². The second-order valence-corrected chi connectivity index (χ2v) is 6.18. The third-order valence-electron chi connectivity index (χ3n) is 4.34. The fourth-order valence-electron chi connectivity index (χ4n) is 2.97. The van der Waals surface area contributed by atoms with Crippen LogP contribution in [0.3, 0.4) is 0 Å². The first-order valence-electron chi connectivity index (χ1n) is 8.14. The van der Waals surface area contributed by atoms with E-state index >= 15 is 0 Å². The Hall–Kier alpha value is -2.33. The number of para-hydroxylation sites is 1. The van der Waals surface area contributed by atoms with Crippen molar-refractivity contribution in [2.24, 2.45) is 0 Å². The number of ether oxygens (including phenoxy) is 1. The lowest BCUT2D eigenvalue weighted by Crippen LogP contribution is -2.46. The van der Waals surface area contributed by atoms with E-state index in [1.165, 1.54) is 0 Å². The summed E-state index contributed by atoms with van der Waals surface area (Å²) >= 11 is 0. The Labute approximate surface area is 136 Å². The minimum Gasteiger partial charge on any atom is -0.353 e. The van der Waals surface area contributed by atoms with E-state index in [0.717, 1.165) is 36.1 Å². The van der Waals surface area contributed by atoms with Crippen molar-refractivity contribution >= 4 is 11.7 Å². The zero-order valence-corrected chi connectivity index (χ0v) is 12.9. The van der Waals surface area contributed by atoms with E-state index in [1.807, 2.05) is 48.5 Å². The van der Waals surface area contributed by atoms with Crippen molar-refractivity contribution < 1.29 is 9.53 Å². The van der Waals surface area contributed by atoms with Gasteiger partial charge >= 0.3 is 6.03 Å². The molecule has 1 N–H and O–H groups in total. The lowest BCUT2D eigenvalue weighted by Gasteiger charge is -2.26. The normalized spacial score (nSPS) is 19.5. The summed E-state index contributed by atoms with van der Waals surface area (Å²) in [6.45, 7) is 0.507. The first-order chi connectivity index (χ1) is 11.3. The molecule has 4 rings (SSSR count). The molecule has 1 heterocycles. The molecule has 1 atom stereocenters. The fraction of sp³-hybridized carbons (Fsp3) is 0.316. The number of hydrogen-bond acceptors (Lipinski definition) is 2. The number of nitrogens with one attached hydrogen (secondary N) is 1. The quantitative estimate of drug-likeness (QED) is 0.939. The van der Waals surface area contributed by atoms with Crippen LogP contribution in [0.4, 0.5) is 10.5 Å². The Morgan fingerprint density at radius 1 is 1.09 bits per heavy atom. The lowest BCUT2D eigenvalue weighted by atomic mass is 10.2. The molecule has 1 aliphatic heterocycles. The molecule has 1 unspecified atom stereocenters. The maximum absolute atomic E-state index is 12.6. The standard InChI is InChI=1S/C19H20N2O2/c22-19(20-16-10-11-16)21-17-9-5-4-8-15(17)12-18(21)23-13-14-6-2-1-3-7-14/h1-9,16,18H,10-13H2,(H,20,22). The molecular formula is C19H20N2O2. The summed E-state index contributed by atoms with van der Waals surface area (Å²) in [6, 6.07) is 18.4. The molecule has 2 aliphatic rings. The maximum atomic E-state index is 12.6. The number of fused-ring (bicyclic) bond motifs is 1. The van der Waals surface area contributed by atoms with Crippen LogP contribution in [0.2, 0.25) is 0 Å². The molecule has 2 aromatic rings. The molecule has 0 bridgehead atoms. The summed E-state index contributed by atoms with van der Waals surface area (Å²) in [6.07, 6.45) is 2.65. The molecule has 1 aliphatic carbocycles. The Morgan fingerprint density at radius 3 is 2.61 bits per heavy atom. The third kappa shape index (κ3) is 3.08. The number of nitrogens with zero attached hydrogens (tertiary/aromatic N) is 1. The SMILES string of the molecule is O=C(NC1CC1)N1c2ccccc2CC1OCc1ccccc1. The summed E-state index contributed by atoms with van der Waals surface area (Å²) in [5.74, 6) is 0. The Balaban J connectivity index is 1.51. The molecule has 2 aromatic carbocycles. The van der Waals surface area contributed by atoms with Crippen LogP contribution >= 0.6 is 0 Å². The van der Waals surface area contributed by atoms with E-state index in [9.17, 15) is 4.79 Å². The van der Waals surface area contributed by atoms with Gasteiger partial charge in [0.1, 0.15) is 6.23 Å². The van der Waals surface area contributed by atoms with Gasteiger partial charge in [-0.05, 0) is 30.0 Å². The number of carbonyl (C=O) groups is 1. The first kappa shape index (κ1) is 14.3. The molecule has 118 valence electrons. The summed E-state index contributed by atoms with van der Waals surface area (Å²) in [4.78, 5) is 14.4. The van der Waals surface area contributed by atoms with E-state index < -0.39 is 0 Å². The van der Waals surface area contributed by atoms with Crippen LogP contribution < -0.4 is 10.2 Å². The fourth-order valence-corrected chi connectivity index (χ4v) is 2.97. The number of benzene rings is 2. The zero-order valence-electron chi connectivity index (χ0n) is 12.9. The van der Waals surface area contributed by atoms with Gasteiger partial charge in [0.15, 0.2) is 0 Å². The highest BCUT2D eigenvalue weighted by Gasteiger charge is 2.36. The summed E-state index contributed by atoms with van der Waals surface area (Å²) in [5.41, 5.74) is 3.24. The zero-order chi connectivity index (χ0) is 15.6. The van der Waals surface area contributed by atoms with E-state index in [0.29, 0.717) is 12.6 Å². The Bertz CT molecular complexity index is 698. The van der Waals surface area contributed by atoms with Gasteiger partial charge in [-0.25, -0.2) is 4.79 Å². The molecule has 0 radical (unpaired) electrons. The van der Waals surface area contributed by atoms with Crippen LogP contribution in [0, 0.1) is 0 Å². The topological polar surface area (TPSA) is 41.6 Å². The number of hydrogen-bond donors (Lipinski definition) is 1. The van der Waals surface area contributed by atoms with Gasteiger partial charge in [0.2, 0.25) is 0 Å². The van der Waals surface area contributed by atoms with Crippen LogP contribution in [0.1, 0.15) is 24.0 Å². The van der Waals surface area contributed by atoms with Gasteiger partial charge in [-0.2, -0.15) is 0 Å². The molecule has 23 heavy (non-hydrogen) atoms. The number of amides is 2. The molecule has 4 heteroatoms.